The molecule has 162 valence electrons. The number of carbonyl (C=O) groups is 2. The van der Waals surface area contributed by atoms with Crippen molar-refractivity contribution in [1.29, 1.82) is 0 Å². The maximum atomic E-state index is 12.5. The molecule has 1 aliphatic heterocycles. The van der Waals surface area contributed by atoms with E-state index in [1.165, 1.54) is 0 Å². The van der Waals surface area contributed by atoms with Crippen molar-refractivity contribution in [2.24, 2.45) is 0 Å². The Morgan fingerprint density at radius 2 is 1.94 bits per heavy atom. The fourth-order valence-corrected chi connectivity index (χ4v) is 4.85. The van der Waals surface area contributed by atoms with Crippen molar-refractivity contribution in [3.63, 3.8) is 0 Å². The third-order valence-corrected chi connectivity index (χ3v) is 6.64. The highest BCUT2D eigenvalue weighted by molar-refractivity contribution is 6.11. The number of Topliss-reactive ketones (excluding diaryl/α,β-unsaturated/α-hetero) is 2. The number of aliphatic hydroxyl groups is 1. The first-order valence-corrected chi connectivity index (χ1v) is 11.1. The number of hydrogen-bond acceptors (Lipinski definition) is 6. The van der Waals surface area contributed by atoms with Crippen LogP contribution in [0.5, 0.6) is 5.75 Å². The van der Waals surface area contributed by atoms with Gasteiger partial charge < -0.3 is 14.3 Å². The number of piperidine rings is 1. The molecule has 1 aromatic heterocycles. The summed E-state index contributed by atoms with van der Waals surface area (Å²) in [6, 6.07) is 9.96. The highest BCUT2D eigenvalue weighted by Gasteiger charge is 2.31. The van der Waals surface area contributed by atoms with Crippen LogP contribution in [0.15, 0.2) is 41.0 Å². The van der Waals surface area contributed by atoms with Crippen molar-refractivity contribution >= 4 is 33.3 Å². The Kier molecular flexibility index (Phi) is 5.50. The number of benzene rings is 2. The van der Waals surface area contributed by atoms with Gasteiger partial charge in [-0.2, -0.15) is 0 Å². The second-order valence-electron chi connectivity index (χ2n) is 8.71. The topological polar surface area (TPSA) is 80.0 Å². The van der Waals surface area contributed by atoms with Gasteiger partial charge >= 0.3 is 0 Å². The zero-order valence-corrected chi connectivity index (χ0v) is 17.5. The lowest BCUT2D eigenvalue weighted by atomic mass is 9.81. The van der Waals surface area contributed by atoms with Gasteiger partial charge in [-0.25, -0.2) is 0 Å². The van der Waals surface area contributed by atoms with Gasteiger partial charge in [0.25, 0.3) is 0 Å². The van der Waals surface area contributed by atoms with Gasteiger partial charge in [-0.15, -0.1) is 0 Å². The minimum Gasteiger partial charge on any atom is -0.492 e. The molecular formula is C25H27NO5. The second-order valence-corrected chi connectivity index (χ2v) is 8.71. The molecule has 1 N–H and O–H groups in total. The van der Waals surface area contributed by atoms with Crippen LogP contribution in [-0.4, -0.2) is 53.9 Å². The fraction of sp³-hybridized carbons (Fsp3) is 0.440. The largest absolute Gasteiger partial charge is 0.492 e. The maximum absolute atomic E-state index is 12.5. The number of likely N-dealkylation sites (tertiary alicyclic amines) is 1. The predicted molar refractivity (Wildman–Crippen MR) is 118 cm³/mol. The standard InChI is InChI=1S/C25H27NO5/c27-17-7-9-26(10-8-17)11-12-30-19-3-5-20-16(13-19)1-6-24-25(20)22(15-31-24)21-4-2-18(28)14-23(21)29/h1,3,5-6,13,15,17,21,27H,2,4,7-12,14H2/t21-/m1/s1. The van der Waals surface area contributed by atoms with E-state index in [0.717, 1.165) is 65.5 Å². The number of ether oxygens (including phenoxy) is 1. The normalized spacial score (nSPS) is 21.3. The van der Waals surface area contributed by atoms with Crippen molar-refractivity contribution in [2.45, 2.75) is 44.1 Å². The number of ketones is 2. The van der Waals surface area contributed by atoms with Crippen molar-refractivity contribution in [1.82, 2.24) is 4.90 Å². The first kappa shape index (κ1) is 20.2. The molecule has 2 heterocycles. The molecule has 1 saturated heterocycles. The van der Waals surface area contributed by atoms with E-state index in [-0.39, 0.29) is 30.0 Å². The summed E-state index contributed by atoms with van der Waals surface area (Å²) in [5.74, 6) is 0.555. The van der Waals surface area contributed by atoms with Gasteiger partial charge in [0.2, 0.25) is 0 Å². The molecule has 31 heavy (non-hydrogen) atoms. The Morgan fingerprint density at radius 1 is 1.10 bits per heavy atom. The maximum Gasteiger partial charge on any atom is 0.147 e. The van der Waals surface area contributed by atoms with Crippen molar-refractivity contribution in [3.8, 4) is 5.75 Å². The Labute approximate surface area is 180 Å². The summed E-state index contributed by atoms with van der Waals surface area (Å²) in [5, 5.41) is 12.6. The quantitative estimate of drug-likeness (QED) is 0.631. The zero-order chi connectivity index (χ0) is 21.4. The Morgan fingerprint density at radius 3 is 2.74 bits per heavy atom. The minimum atomic E-state index is -0.275. The van der Waals surface area contributed by atoms with Gasteiger partial charge in [-0.1, -0.05) is 6.07 Å². The van der Waals surface area contributed by atoms with E-state index in [9.17, 15) is 14.7 Å². The summed E-state index contributed by atoms with van der Waals surface area (Å²) < 4.78 is 11.8. The molecule has 3 aromatic rings. The number of furan rings is 1. The fourth-order valence-electron chi connectivity index (χ4n) is 4.85. The molecule has 0 bridgehead atoms. The summed E-state index contributed by atoms with van der Waals surface area (Å²) in [6.07, 6.45) is 4.21. The van der Waals surface area contributed by atoms with Crippen LogP contribution < -0.4 is 4.74 Å². The third-order valence-electron chi connectivity index (χ3n) is 6.64. The molecular weight excluding hydrogens is 394 g/mol. The number of carbonyl (C=O) groups excluding carboxylic acids is 2. The van der Waals surface area contributed by atoms with Crippen LogP contribution in [0.25, 0.3) is 21.7 Å². The Balaban J connectivity index is 1.35. The van der Waals surface area contributed by atoms with Gasteiger partial charge in [0.15, 0.2) is 0 Å². The van der Waals surface area contributed by atoms with Crippen molar-refractivity contribution < 1.29 is 23.8 Å². The van der Waals surface area contributed by atoms with Crippen LogP contribution >= 0.6 is 0 Å². The lowest BCUT2D eigenvalue weighted by Crippen LogP contribution is -2.38. The van der Waals surface area contributed by atoms with Crippen LogP contribution in [-0.2, 0) is 9.59 Å². The predicted octanol–water partition coefficient (Wildman–Crippen LogP) is 3.83. The number of hydrogen-bond donors (Lipinski definition) is 1. The molecule has 1 aliphatic carbocycles. The first-order valence-electron chi connectivity index (χ1n) is 11.1. The van der Waals surface area contributed by atoms with E-state index < -0.39 is 0 Å². The molecule has 0 amide bonds. The molecule has 2 fully saturated rings. The molecule has 0 radical (unpaired) electrons. The van der Waals surface area contributed by atoms with Crippen molar-refractivity contribution in [2.75, 3.05) is 26.2 Å². The van der Waals surface area contributed by atoms with Crippen LogP contribution in [0.2, 0.25) is 0 Å². The number of nitrogens with zero attached hydrogens (tertiary/aromatic N) is 1. The molecule has 1 saturated carbocycles. The smallest absolute Gasteiger partial charge is 0.147 e. The highest BCUT2D eigenvalue weighted by Crippen LogP contribution is 2.38. The summed E-state index contributed by atoms with van der Waals surface area (Å²) in [5.41, 5.74) is 1.65. The van der Waals surface area contributed by atoms with E-state index in [1.54, 1.807) is 6.26 Å². The van der Waals surface area contributed by atoms with Crippen molar-refractivity contribution in [3.05, 3.63) is 42.2 Å². The lowest BCUT2D eigenvalue weighted by Gasteiger charge is -2.29. The van der Waals surface area contributed by atoms with E-state index >= 15 is 0 Å². The zero-order valence-electron chi connectivity index (χ0n) is 17.5. The molecule has 0 unspecified atom stereocenters. The van der Waals surface area contributed by atoms with E-state index in [1.807, 2.05) is 30.3 Å². The van der Waals surface area contributed by atoms with Crippen LogP contribution in [0, 0.1) is 0 Å². The molecule has 6 heteroatoms. The second kappa shape index (κ2) is 8.44. The molecule has 5 rings (SSSR count). The van der Waals surface area contributed by atoms with Crippen LogP contribution in [0.3, 0.4) is 0 Å². The molecule has 6 nitrogen and oxygen atoms in total. The molecule has 2 aliphatic rings. The first-order chi connectivity index (χ1) is 15.1. The number of fused-ring (bicyclic) bond motifs is 3. The number of rotatable bonds is 5. The summed E-state index contributed by atoms with van der Waals surface area (Å²) in [7, 11) is 0. The van der Waals surface area contributed by atoms with Gasteiger partial charge in [-0.3, -0.25) is 14.5 Å². The highest BCUT2D eigenvalue weighted by atomic mass is 16.5. The van der Waals surface area contributed by atoms with E-state index in [4.69, 9.17) is 9.15 Å². The molecule has 0 spiro atoms. The number of aliphatic hydroxyl groups excluding tert-OH is 1. The molecule has 2 aromatic carbocycles. The summed E-state index contributed by atoms with van der Waals surface area (Å²) >= 11 is 0. The van der Waals surface area contributed by atoms with E-state index in [2.05, 4.69) is 4.90 Å². The monoisotopic (exact) mass is 421 g/mol. The minimum absolute atomic E-state index is 0.0128. The van der Waals surface area contributed by atoms with Crippen LogP contribution in [0.1, 0.15) is 43.6 Å². The Bertz CT molecular complexity index is 1130. The SMILES string of the molecule is O=C1CC[C@H](c2coc3ccc4cc(OCCN5CCC(O)CC5)ccc4c23)C(=O)C1. The average molecular weight is 421 g/mol. The Hall–Kier alpha value is -2.70. The molecule has 1 atom stereocenters. The van der Waals surface area contributed by atoms with Gasteiger partial charge in [0, 0.05) is 42.9 Å². The summed E-state index contributed by atoms with van der Waals surface area (Å²) in [6.45, 7) is 3.27. The summed E-state index contributed by atoms with van der Waals surface area (Å²) in [4.78, 5) is 26.5. The van der Waals surface area contributed by atoms with Crippen LogP contribution in [0.4, 0.5) is 0 Å². The lowest BCUT2D eigenvalue weighted by molar-refractivity contribution is -0.130. The van der Waals surface area contributed by atoms with Gasteiger partial charge in [-0.05, 0) is 54.3 Å². The average Bonchev–Trinajstić information content (AvgIpc) is 3.19. The van der Waals surface area contributed by atoms with Gasteiger partial charge in [0.05, 0.1) is 18.8 Å². The third kappa shape index (κ3) is 4.10. The van der Waals surface area contributed by atoms with Gasteiger partial charge in [0.1, 0.15) is 29.5 Å². The van der Waals surface area contributed by atoms with E-state index in [0.29, 0.717) is 19.4 Å².